The number of halogens is 1. The molecule has 36 heavy (non-hydrogen) atoms. The van der Waals surface area contributed by atoms with Crippen molar-refractivity contribution in [2.45, 2.75) is 35.3 Å². The largest absolute Gasteiger partial charge is 0.495 e. The van der Waals surface area contributed by atoms with Gasteiger partial charge < -0.3 is 9.47 Å². The number of pyridine rings is 1. The lowest BCUT2D eigenvalue weighted by Gasteiger charge is -2.21. The molecule has 0 aliphatic rings. The highest BCUT2D eigenvalue weighted by atomic mass is 32.2. The Morgan fingerprint density at radius 2 is 1.78 bits per heavy atom. The van der Waals surface area contributed by atoms with E-state index in [4.69, 9.17) is 9.47 Å². The van der Waals surface area contributed by atoms with Crippen LogP contribution in [-0.4, -0.2) is 55.4 Å². The molecule has 0 radical (unpaired) electrons. The molecule has 0 saturated heterocycles. The Morgan fingerprint density at radius 1 is 1.06 bits per heavy atom. The molecule has 1 aromatic carbocycles. The number of ether oxygens (including phenoxy) is 2. The van der Waals surface area contributed by atoms with Gasteiger partial charge in [-0.3, -0.25) is 14.2 Å². The molecule has 0 aliphatic carbocycles. The highest BCUT2D eigenvalue weighted by Gasteiger charge is 2.34. The fraction of sp³-hybridized carbons (Fsp3) is 0.273. The van der Waals surface area contributed by atoms with E-state index in [1.807, 2.05) is 0 Å². The van der Waals surface area contributed by atoms with Crippen molar-refractivity contribution in [1.29, 1.82) is 0 Å². The van der Waals surface area contributed by atoms with Gasteiger partial charge in [-0.25, -0.2) is 26.2 Å². The average Bonchev–Trinajstić information content (AvgIpc) is 3.47. The maximum atomic E-state index is 15.0. The summed E-state index contributed by atoms with van der Waals surface area (Å²) < 4.78 is 80.0. The van der Waals surface area contributed by atoms with Crippen LogP contribution in [0.5, 0.6) is 11.5 Å². The SMILES string of the molecule is COc1cc2ncc(-c3cc(F)c(OC)c(NS(=O)(=O)c4cn[nH]c4)c3)n2cc1S(=O)(=O)C(C)(C)C. The van der Waals surface area contributed by atoms with Gasteiger partial charge in [0.25, 0.3) is 10.0 Å². The van der Waals surface area contributed by atoms with Gasteiger partial charge in [0.2, 0.25) is 0 Å². The first-order valence-electron chi connectivity index (χ1n) is 10.5. The second-order valence-corrected chi connectivity index (χ2v) is 13.1. The number of aromatic nitrogens is 4. The highest BCUT2D eigenvalue weighted by molar-refractivity contribution is 7.93. The zero-order chi connectivity index (χ0) is 26.5. The standard InChI is InChI=1S/C22H24FN5O6S2/c1-22(2,3)35(29,30)19-12-28-17(11-24-20(28)8-18(19)33-4)13-6-15(23)21(34-5)16(7-13)27-36(31,32)14-9-25-26-10-14/h6-12,27H,1-5H3,(H,25,26). The normalized spacial score (nSPS) is 12.6. The Labute approximate surface area is 207 Å². The summed E-state index contributed by atoms with van der Waals surface area (Å²) in [5.41, 5.74) is 0.699. The summed E-state index contributed by atoms with van der Waals surface area (Å²) in [6.45, 7) is 4.70. The summed E-state index contributed by atoms with van der Waals surface area (Å²) in [7, 11) is -5.38. The Bertz CT molecular complexity index is 1660. The predicted octanol–water partition coefficient (Wildman–Crippen LogP) is 3.25. The summed E-state index contributed by atoms with van der Waals surface area (Å²) in [5, 5.41) is 6.03. The quantitative estimate of drug-likeness (QED) is 0.365. The second kappa shape index (κ2) is 8.78. The van der Waals surface area contributed by atoms with Crippen molar-refractivity contribution in [3.05, 3.63) is 48.8 Å². The maximum absolute atomic E-state index is 15.0. The van der Waals surface area contributed by atoms with Gasteiger partial charge in [-0.2, -0.15) is 5.10 Å². The van der Waals surface area contributed by atoms with E-state index in [1.165, 1.54) is 49.3 Å². The van der Waals surface area contributed by atoms with Crippen LogP contribution in [0, 0.1) is 5.82 Å². The van der Waals surface area contributed by atoms with Crippen LogP contribution >= 0.6 is 0 Å². The average molecular weight is 538 g/mol. The van der Waals surface area contributed by atoms with Crippen LogP contribution in [0.1, 0.15) is 20.8 Å². The number of nitrogens with one attached hydrogen (secondary N) is 2. The summed E-state index contributed by atoms with van der Waals surface area (Å²) in [5.74, 6) is -1.05. The molecule has 0 atom stereocenters. The number of fused-ring (bicyclic) bond motifs is 1. The number of sulfonamides is 1. The fourth-order valence-corrected chi connectivity index (χ4v) is 5.78. The van der Waals surface area contributed by atoms with Crippen molar-refractivity contribution in [3.8, 4) is 22.8 Å². The van der Waals surface area contributed by atoms with Gasteiger partial charge in [-0.15, -0.1) is 0 Å². The lowest BCUT2D eigenvalue weighted by molar-refractivity contribution is 0.389. The van der Waals surface area contributed by atoms with Gasteiger partial charge in [0.15, 0.2) is 21.4 Å². The first-order valence-corrected chi connectivity index (χ1v) is 13.5. The van der Waals surface area contributed by atoms with E-state index < -0.39 is 30.4 Å². The molecule has 14 heteroatoms. The highest BCUT2D eigenvalue weighted by Crippen LogP contribution is 2.37. The first-order chi connectivity index (χ1) is 16.8. The molecule has 4 aromatic rings. The summed E-state index contributed by atoms with van der Waals surface area (Å²) >= 11 is 0. The van der Waals surface area contributed by atoms with Gasteiger partial charge in [0.1, 0.15) is 21.2 Å². The van der Waals surface area contributed by atoms with Crippen molar-refractivity contribution < 1.29 is 30.7 Å². The van der Waals surface area contributed by atoms with Crippen LogP contribution in [0.2, 0.25) is 0 Å². The smallest absolute Gasteiger partial charge is 0.265 e. The van der Waals surface area contributed by atoms with Crippen LogP contribution < -0.4 is 14.2 Å². The van der Waals surface area contributed by atoms with Gasteiger partial charge in [0.05, 0.1) is 42.7 Å². The van der Waals surface area contributed by atoms with Crippen molar-refractivity contribution >= 4 is 31.2 Å². The number of anilines is 1. The Kier molecular flexibility index (Phi) is 6.21. The van der Waals surface area contributed by atoms with E-state index in [1.54, 1.807) is 20.8 Å². The molecule has 3 aromatic heterocycles. The topological polar surface area (TPSA) is 145 Å². The lowest BCUT2D eigenvalue weighted by atomic mass is 10.1. The minimum Gasteiger partial charge on any atom is -0.495 e. The van der Waals surface area contributed by atoms with Crippen LogP contribution in [0.3, 0.4) is 0 Å². The van der Waals surface area contributed by atoms with E-state index in [0.29, 0.717) is 11.3 Å². The van der Waals surface area contributed by atoms with Crippen LogP contribution in [0.25, 0.3) is 16.9 Å². The van der Waals surface area contributed by atoms with E-state index >= 15 is 4.39 Å². The predicted molar refractivity (Wildman–Crippen MR) is 130 cm³/mol. The fourth-order valence-electron chi connectivity index (χ4n) is 3.51. The molecule has 0 aliphatic heterocycles. The van der Waals surface area contributed by atoms with E-state index in [2.05, 4.69) is 19.9 Å². The summed E-state index contributed by atoms with van der Waals surface area (Å²) in [4.78, 5) is 4.06. The Morgan fingerprint density at radius 3 is 2.36 bits per heavy atom. The molecular weight excluding hydrogens is 513 g/mol. The number of sulfone groups is 1. The maximum Gasteiger partial charge on any atom is 0.265 e. The van der Waals surface area contributed by atoms with Gasteiger partial charge in [0, 0.05) is 24.0 Å². The molecule has 0 unspecified atom stereocenters. The van der Waals surface area contributed by atoms with Crippen LogP contribution in [-0.2, 0) is 19.9 Å². The number of H-pyrrole nitrogens is 1. The van der Waals surface area contributed by atoms with Gasteiger partial charge in [-0.1, -0.05) is 0 Å². The number of aromatic amines is 1. The number of nitrogens with zero attached hydrogens (tertiary/aromatic N) is 3. The van der Waals surface area contributed by atoms with E-state index in [0.717, 1.165) is 12.3 Å². The number of benzene rings is 1. The number of hydrogen-bond donors (Lipinski definition) is 2. The van der Waals surface area contributed by atoms with Gasteiger partial charge in [-0.05, 0) is 32.9 Å². The molecule has 0 amide bonds. The monoisotopic (exact) mass is 537 g/mol. The molecule has 11 nitrogen and oxygen atoms in total. The Balaban J connectivity index is 1.91. The van der Waals surface area contributed by atoms with Crippen molar-refractivity contribution in [2.75, 3.05) is 18.9 Å². The second-order valence-electron chi connectivity index (χ2n) is 8.77. The molecule has 0 fully saturated rings. The number of imidazole rings is 1. The molecule has 4 rings (SSSR count). The van der Waals surface area contributed by atoms with E-state index in [9.17, 15) is 16.8 Å². The third-order valence-corrected chi connectivity index (χ3v) is 9.29. The zero-order valence-corrected chi connectivity index (χ0v) is 21.7. The van der Waals surface area contributed by atoms with Crippen molar-refractivity contribution in [1.82, 2.24) is 19.6 Å². The van der Waals surface area contributed by atoms with Crippen molar-refractivity contribution in [2.24, 2.45) is 0 Å². The summed E-state index contributed by atoms with van der Waals surface area (Å²) in [6, 6.07) is 3.97. The lowest BCUT2D eigenvalue weighted by Crippen LogP contribution is -2.28. The molecule has 0 bridgehead atoms. The van der Waals surface area contributed by atoms with Crippen LogP contribution in [0.15, 0.2) is 52.8 Å². The molecule has 2 N–H and O–H groups in total. The summed E-state index contributed by atoms with van der Waals surface area (Å²) in [6.07, 6.45) is 5.04. The van der Waals surface area contributed by atoms with Gasteiger partial charge >= 0.3 is 0 Å². The number of hydrogen-bond acceptors (Lipinski definition) is 8. The third kappa shape index (κ3) is 4.26. The number of methoxy groups -OCH3 is 2. The molecule has 0 spiro atoms. The molecule has 0 saturated carbocycles. The van der Waals surface area contributed by atoms with Crippen LogP contribution in [0.4, 0.5) is 10.1 Å². The van der Waals surface area contributed by atoms with E-state index in [-0.39, 0.29) is 32.5 Å². The molecule has 3 heterocycles. The molecule has 192 valence electrons. The minimum atomic E-state index is -4.11. The third-order valence-electron chi connectivity index (χ3n) is 5.46. The van der Waals surface area contributed by atoms with Crippen molar-refractivity contribution in [3.63, 3.8) is 0 Å². The molecular formula is C22H24FN5O6S2. The first kappa shape index (κ1) is 25.4. The Hall–Kier alpha value is -3.65. The zero-order valence-electron chi connectivity index (χ0n) is 20.0. The number of rotatable bonds is 7. The minimum absolute atomic E-state index is 0.0703.